The Labute approximate surface area is 275 Å². The number of thioether (sulfide) groups is 1. The van der Waals surface area contributed by atoms with Crippen LogP contribution in [0.4, 0.5) is 0 Å². The number of oxime groups is 1. The third kappa shape index (κ3) is 7.81. The van der Waals surface area contributed by atoms with Crippen molar-refractivity contribution in [2.45, 2.75) is 70.4 Å². The lowest BCUT2D eigenvalue weighted by Crippen LogP contribution is -2.16. The van der Waals surface area contributed by atoms with Crippen molar-refractivity contribution >= 4 is 56.7 Å². The Kier molecular flexibility index (Phi) is 11.4. The molecule has 0 aliphatic carbocycles. The maximum Gasteiger partial charge on any atom is 0.210 e. The SMILES string of the molecule is CCCCCCO/N=C(\CCSc1ccc(Cl)cc1)C(=O)c1ccc2c(c1)c1cc(C(O)c3ccccc3C)ccc1n2CC. The third-order valence-corrected chi connectivity index (χ3v) is 9.48. The first-order valence-corrected chi connectivity index (χ1v) is 17.2. The van der Waals surface area contributed by atoms with Crippen molar-refractivity contribution in [1.82, 2.24) is 4.57 Å². The number of aryl methyl sites for hydroxylation is 2. The van der Waals surface area contributed by atoms with Gasteiger partial charge in [-0.3, -0.25) is 4.79 Å². The quantitative estimate of drug-likeness (QED) is 0.0406. The molecule has 5 nitrogen and oxygen atoms in total. The predicted octanol–water partition coefficient (Wildman–Crippen LogP) is 10.2. The van der Waals surface area contributed by atoms with E-state index in [1.165, 1.54) is 0 Å². The van der Waals surface area contributed by atoms with Crippen LogP contribution in [-0.2, 0) is 11.4 Å². The lowest BCUT2D eigenvalue weighted by Gasteiger charge is -2.14. The van der Waals surface area contributed by atoms with Crippen molar-refractivity contribution in [3.05, 3.63) is 112 Å². The van der Waals surface area contributed by atoms with E-state index in [0.717, 1.165) is 75.6 Å². The smallest absolute Gasteiger partial charge is 0.210 e. The van der Waals surface area contributed by atoms with Gasteiger partial charge in [0.15, 0.2) is 0 Å². The minimum Gasteiger partial charge on any atom is -0.395 e. The average molecular weight is 641 g/mol. The van der Waals surface area contributed by atoms with Gasteiger partial charge in [-0.25, -0.2) is 0 Å². The van der Waals surface area contributed by atoms with Crippen LogP contribution < -0.4 is 0 Å². The standard InChI is InChI=1S/C38H41ClN2O3S/c1-4-6-7-10-22-44-40-34(21-23-45-30-17-15-29(39)16-18-30)38(43)28-14-20-36-33(25-28)32-24-27(13-19-35(32)41(36)5-2)37(42)31-12-9-8-11-26(31)3/h8-9,11-20,24-25,37,42H,4-7,10,21-23H2,1-3H3/b40-34+. The third-order valence-electron chi connectivity index (χ3n) is 8.21. The zero-order chi connectivity index (χ0) is 31.8. The number of nitrogens with zero attached hydrogens (tertiary/aromatic N) is 2. The maximum absolute atomic E-state index is 14.0. The number of unbranched alkanes of at least 4 members (excludes halogenated alkanes) is 3. The van der Waals surface area contributed by atoms with Gasteiger partial charge in [-0.2, -0.15) is 0 Å². The number of hydrogen-bond donors (Lipinski definition) is 1. The van der Waals surface area contributed by atoms with Crippen molar-refractivity contribution < 1.29 is 14.7 Å². The normalized spacial score (nSPS) is 12.6. The van der Waals surface area contributed by atoms with E-state index >= 15 is 0 Å². The summed E-state index contributed by atoms with van der Waals surface area (Å²) in [5, 5.41) is 18.4. The molecule has 7 heteroatoms. The van der Waals surface area contributed by atoms with E-state index in [-0.39, 0.29) is 5.78 Å². The average Bonchev–Trinajstić information content (AvgIpc) is 3.38. The fraction of sp³-hybridized carbons (Fsp3) is 0.316. The van der Waals surface area contributed by atoms with E-state index in [1.807, 2.05) is 79.7 Å². The maximum atomic E-state index is 14.0. The molecule has 5 aromatic rings. The number of ketones is 1. The number of rotatable bonds is 15. The van der Waals surface area contributed by atoms with Gasteiger partial charge in [0.2, 0.25) is 5.78 Å². The van der Waals surface area contributed by atoms with Crippen LogP contribution in [-0.4, -0.2) is 33.5 Å². The first-order chi connectivity index (χ1) is 21.9. The molecule has 1 unspecified atom stereocenters. The molecule has 0 saturated carbocycles. The van der Waals surface area contributed by atoms with E-state index in [9.17, 15) is 9.90 Å². The summed E-state index contributed by atoms with van der Waals surface area (Å²) in [4.78, 5) is 20.7. The Hall–Kier alpha value is -3.58. The second kappa shape index (κ2) is 15.6. The zero-order valence-electron chi connectivity index (χ0n) is 26.3. The highest BCUT2D eigenvalue weighted by Gasteiger charge is 2.20. The number of benzene rings is 4. The second-order valence-corrected chi connectivity index (χ2v) is 12.9. The van der Waals surface area contributed by atoms with Crippen LogP contribution in [0.15, 0.2) is 95.0 Å². The Morgan fingerprint density at radius 2 is 1.67 bits per heavy atom. The highest BCUT2D eigenvalue weighted by molar-refractivity contribution is 7.99. The van der Waals surface area contributed by atoms with Gasteiger partial charge in [-0.05, 0) is 98.0 Å². The van der Waals surface area contributed by atoms with Crippen LogP contribution in [0, 0.1) is 6.92 Å². The summed E-state index contributed by atoms with van der Waals surface area (Å²) in [6.45, 7) is 7.59. The molecule has 1 aromatic heterocycles. The van der Waals surface area contributed by atoms with Gasteiger partial charge in [0.25, 0.3) is 0 Å². The van der Waals surface area contributed by atoms with Gasteiger partial charge >= 0.3 is 0 Å². The number of carbonyl (C=O) groups excluding carboxylic acids is 1. The van der Waals surface area contributed by atoms with E-state index in [2.05, 4.69) is 35.7 Å². The number of fused-ring (bicyclic) bond motifs is 3. The number of aromatic nitrogens is 1. The minimum atomic E-state index is -0.744. The molecule has 0 saturated heterocycles. The lowest BCUT2D eigenvalue weighted by molar-refractivity contribution is 0.104. The molecule has 45 heavy (non-hydrogen) atoms. The molecule has 0 fully saturated rings. The summed E-state index contributed by atoms with van der Waals surface area (Å²) in [7, 11) is 0. The van der Waals surface area contributed by atoms with Crippen LogP contribution in [0.1, 0.15) is 79.1 Å². The van der Waals surface area contributed by atoms with Gasteiger partial charge in [0.1, 0.15) is 18.4 Å². The Balaban J connectivity index is 1.45. The Morgan fingerprint density at radius 3 is 2.40 bits per heavy atom. The molecule has 1 N–H and O–H groups in total. The van der Waals surface area contributed by atoms with Gasteiger partial charge in [0.05, 0.1) is 0 Å². The van der Waals surface area contributed by atoms with Crippen molar-refractivity contribution in [3.63, 3.8) is 0 Å². The summed E-state index contributed by atoms with van der Waals surface area (Å²) >= 11 is 7.71. The molecule has 0 bridgehead atoms. The molecule has 0 aliphatic rings. The molecule has 0 spiro atoms. The summed E-state index contributed by atoms with van der Waals surface area (Å²) in [5.41, 5.74) is 5.87. The Bertz CT molecular complexity index is 1790. The number of Topliss-reactive ketones (excluding diaryl/α,β-unsaturated/α-hetero) is 1. The van der Waals surface area contributed by atoms with Crippen molar-refractivity contribution in [3.8, 4) is 0 Å². The number of aliphatic hydroxyl groups is 1. The fourth-order valence-electron chi connectivity index (χ4n) is 5.73. The van der Waals surface area contributed by atoms with Gasteiger partial charge < -0.3 is 14.5 Å². The number of halogens is 1. The van der Waals surface area contributed by atoms with Crippen LogP contribution in [0.2, 0.25) is 5.02 Å². The van der Waals surface area contributed by atoms with Crippen LogP contribution >= 0.6 is 23.4 Å². The molecule has 1 heterocycles. The van der Waals surface area contributed by atoms with Crippen molar-refractivity contribution in [2.75, 3.05) is 12.4 Å². The van der Waals surface area contributed by atoms with Crippen molar-refractivity contribution in [1.29, 1.82) is 0 Å². The van der Waals surface area contributed by atoms with Gasteiger partial charge in [-0.1, -0.05) is 66.9 Å². The van der Waals surface area contributed by atoms with E-state index in [4.69, 9.17) is 16.4 Å². The highest BCUT2D eigenvalue weighted by Crippen LogP contribution is 2.34. The predicted molar refractivity (Wildman–Crippen MR) is 189 cm³/mol. The van der Waals surface area contributed by atoms with Gasteiger partial charge in [-0.15, -0.1) is 11.8 Å². The summed E-state index contributed by atoms with van der Waals surface area (Å²) in [5.74, 6) is 0.554. The number of carbonyl (C=O) groups is 1. The second-order valence-electron chi connectivity index (χ2n) is 11.3. The number of aliphatic hydroxyl groups excluding tert-OH is 1. The molecular weight excluding hydrogens is 600 g/mol. The monoisotopic (exact) mass is 640 g/mol. The lowest BCUT2D eigenvalue weighted by atomic mass is 9.96. The molecule has 0 amide bonds. The van der Waals surface area contributed by atoms with Crippen LogP contribution in [0.25, 0.3) is 21.8 Å². The van der Waals surface area contributed by atoms with Crippen LogP contribution in [0.3, 0.4) is 0 Å². The first-order valence-electron chi connectivity index (χ1n) is 15.8. The molecule has 4 aromatic carbocycles. The van der Waals surface area contributed by atoms with Gasteiger partial charge in [0, 0.05) is 56.0 Å². The summed E-state index contributed by atoms with van der Waals surface area (Å²) in [6, 6.07) is 27.6. The molecular formula is C38H41ClN2O3S. The molecule has 5 rings (SSSR count). The topological polar surface area (TPSA) is 63.8 Å². The zero-order valence-corrected chi connectivity index (χ0v) is 27.8. The highest BCUT2D eigenvalue weighted by atomic mass is 35.5. The summed E-state index contributed by atoms with van der Waals surface area (Å²) in [6.07, 6.45) is 4.04. The molecule has 0 aliphatic heterocycles. The van der Waals surface area contributed by atoms with E-state index < -0.39 is 6.10 Å². The number of hydrogen-bond acceptors (Lipinski definition) is 5. The largest absolute Gasteiger partial charge is 0.395 e. The minimum absolute atomic E-state index is 0.129. The molecule has 0 radical (unpaired) electrons. The van der Waals surface area contributed by atoms with E-state index in [1.54, 1.807) is 11.8 Å². The van der Waals surface area contributed by atoms with E-state index in [0.29, 0.717) is 35.1 Å². The molecule has 1 atom stereocenters. The fourth-order valence-corrected chi connectivity index (χ4v) is 6.71. The van der Waals surface area contributed by atoms with Crippen molar-refractivity contribution in [2.24, 2.45) is 5.16 Å². The first kappa shape index (κ1) is 32.8. The Morgan fingerprint density at radius 1 is 0.933 bits per heavy atom. The summed E-state index contributed by atoms with van der Waals surface area (Å²) < 4.78 is 2.25. The van der Waals surface area contributed by atoms with Crippen LogP contribution in [0.5, 0.6) is 0 Å². The molecule has 234 valence electrons.